The van der Waals surface area contributed by atoms with E-state index in [0.29, 0.717) is 6.42 Å². The number of hydrogen-bond donors (Lipinski definition) is 2. The lowest BCUT2D eigenvalue weighted by Crippen LogP contribution is -2.43. The van der Waals surface area contributed by atoms with E-state index in [1.165, 1.54) is 4.21 Å². The van der Waals surface area contributed by atoms with E-state index in [0.717, 1.165) is 72.4 Å². The molecule has 1 fully saturated rings. The standard InChI is InChI=1S/C26H34N2O3S2/c1-19-17-27-22-6-5-20(31-2)16-21(22)25(19)23(30)7-8-26(18-29)9-11-28(12-10-26)13-15-33-24-4-3-14-32-24/h3-6,14,16-17,23,29-30H,7-13,15,18H2,1-2H3. The number of thioether (sulfide) groups is 1. The Morgan fingerprint density at radius 2 is 2.09 bits per heavy atom. The highest BCUT2D eigenvalue weighted by molar-refractivity contribution is 8.01. The Morgan fingerprint density at radius 3 is 2.79 bits per heavy atom. The van der Waals surface area contributed by atoms with Gasteiger partial charge in [0.15, 0.2) is 0 Å². The predicted octanol–water partition coefficient (Wildman–Crippen LogP) is 5.29. The molecule has 1 saturated heterocycles. The van der Waals surface area contributed by atoms with Crippen molar-refractivity contribution in [1.82, 2.24) is 9.88 Å². The molecule has 0 bridgehead atoms. The first-order valence-electron chi connectivity index (χ1n) is 11.6. The Balaban J connectivity index is 1.35. The first-order valence-corrected chi connectivity index (χ1v) is 13.5. The number of ether oxygens (including phenoxy) is 1. The van der Waals surface area contributed by atoms with Gasteiger partial charge in [-0.05, 0) is 91.9 Å². The average Bonchev–Trinajstić information content (AvgIpc) is 3.36. The Kier molecular flexibility index (Phi) is 8.30. The van der Waals surface area contributed by atoms with Crippen LogP contribution >= 0.6 is 23.1 Å². The second-order valence-electron chi connectivity index (χ2n) is 9.07. The Bertz CT molecular complexity index is 1030. The van der Waals surface area contributed by atoms with Crippen molar-refractivity contribution in [2.24, 2.45) is 5.41 Å². The van der Waals surface area contributed by atoms with E-state index < -0.39 is 6.10 Å². The van der Waals surface area contributed by atoms with Crippen molar-refractivity contribution < 1.29 is 14.9 Å². The summed E-state index contributed by atoms with van der Waals surface area (Å²) in [5, 5.41) is 24.5. The number of aromatic nitrogens is 1. The number of benzene rings is 1. The highest BCUT2D eigenvalue weighted by Gasteiger charge is 2.34. The number of aliphatic hydroxyl groups excluding tert-OH is 2. The smallest absolute Gasteiger partial charge is 0.119 e. The summed E-state index contributed by atoms with van der Waals surface area (Å²) < 4.78 is 6.77. The molecule has 178 valence electrons. The van der Waals surface area contributed by atoms with Gasteiger partial charge in [0.2, 0.25) is 0 Å². The van der Waals surface area contributed by atoms with Gasteiger partial charge >= 0.3 is 0 Å². The molecule has 1 aliphatic heterocycles. The maximum atomic E-state index is 11.2. The van der Waals surface area contributed by atoms with Gasteiger partial charge in [0.25, 0.3) is 0 Å². The maximum absolute atomic E-state index is 11.2. The molecule has 4 rings (SSSR count). The largest absolute Gasteiger partial charge is 0.497 e. The molecule has 0 saturated carbocycles. The minimum absolute atomic E-state index is 0.104. The van der Waals surface area contributed by atoms with Crippen molar-refractivity contribution in [2.75, 3.05) is 39.1 Å². The van der Waals surface area contributed by atoms with Crippen molar-refractivity contribution in [2.45, 2.75) is 42.9 Å². The number of aryl methyl sites for hydroxylation is 1. The van der Waals surface area contributed by atoms with Crippen molar-refractivity contribution in [3.8, 4) is 5.75 Å². The summed E-state index contributed by atoms with van der Waals surface area (Å²) in [5.74, 6) is 1.86. The van der Waals surface area contributed by atoms with Crippen molar-refractivity contribution >= 4 is 34.0 Å². The number of likely N-dealkylation sites (tertiary alicyclic amines) is 1. The average molecular weight is 487 g/mol. The zero-order valence-corrected chi connectivity index (χ0v) is 21.1. The summed E-state index contributed by atoms with van der Waals surface area (Å²) in [4.78, 5) is 7.03. The third-order valence-electron chi connectivity index (χ3n) is 7.00. The number of piperidine rings is 1. The lowest BCUT2D eigenvalue weighted by atomic mass is 9.74. The highest BCUT2D eigenvalue weighted by Crippen LogP contribution is 2.39. The molecule has 0 amide bonds. The first-order chi connectivity index (χ1) is 16.0. The van der Waals surface area contributed by atoms with Crippen molar-refractivity contribution in [3.05, 3.63) is 53.0 Å². The fourth-order valence-electron chi connectivity index (χ4n) is 4.81. The van der Waals surface area contributed by atoms with Crippen LogP contribution in [0.5, 0.6) is 5.75 Å². The number of thiophene rings is 1. The molecular weight excluding hydrogens is 452 g/mol. The Labute approximate surface area is 204 Å². The monoisotopic (exact) mass is 486 g/mol. The third kappa shape index (κ3) is 5.89. The van der Waals surface area contributed by atoms with E-state index in [9.17, 15) is 10.2 Å². The Hall–Kier alpha value is -1.64. The topological polar surface area (TPSA) is 65.8 Å². The van der Waals surface area contributed by atoms with E-state index in [-0.39, 0.29) is 12.0 Å². The van der Waals surface area contributed by atoms with Gasteiger partial charge in [-0.1, -0.05) is 6.07 Å². The van der Waals surface area contributed by atoms with Gasteiger partial charge in [0, 0.05) is 30.5 Å². The molecule has 1 atom stereocenters. The van der Waals surface area contributed by atoms with Crippen LogP contribution in [0.3, 0.4) is 0 Å². The molecule has 5 nitrogen and oxygen atoms in total. The van der Waals surface area contributed by atoms with Crippen LogP contribution in [0.2, 0.25) is 0 Å². The van der Waals surface area contributed by atoms with Crippen molar-refractivity contribution in [3.63, 3.8) is 0 Å². The first kappa shape index (κ1) is 24.5. The van der Waals surface area contributed by atoms with Gasteiger partial charge in [-0.3, -0.25) is 4.98 Å². The quantitative estimate of drug-likeness (QED) is 0.380. The number of methoxy groups -OCH3 is 1. The molecule has 7 heteroatoms. The zero-order valence-electron chi connectivity index (χ0n) is 19.5. The van der Waals surface area contributed by atoms with E-state index in [4.69, 9.17) is 4.74 Å². The van der Waals surface area contributed by atoms with Gasteiger partial charge in [-0.25, -0.2) is 0 Å². The minimum Gasteiger partial charge on any atom is -0.497 e. The van der Waals surface area contributed by atoms with E-state index >= 15 is 0 Å². The molecule has 0 aliphatic carbocycles. The Morgan fingerprint density at radius 1 is 1.27 bits per heavy atom. The van der Waals surface area contributed by atoms with E-state index in [2.05, 4.69) is 27.4 Å². The second-order valence-corrected chi connectivity index (χ2v) is 11.4. The lowest BCUT2D eigenvalue weighted by molar-refractivity contribution is 0.0254. The summed E-state index contributed by atoms with van der Waals surface area (Å²) in [7, 11) is 1.65. The number of aliphatic hydroxyl groups is 2. The molecule has 2 N–H and O–H groups in total. The number of hydrogen-bond acceptors (Lipinski definition) is 7. The van der Waals surface area contributed by atoms with Crippen LogP contribution in [0.25, 0.3) is 10.9 Å². The maximum Gasteiger partial charge on any atom is 0.119 e. The predicted molar refractivity (Wildman–Crippen MR) is 137 cm³/mol. The van der Waals surface area contributed by atoms with Gasteiger partial charge in [0.1, 0.15) is 5.75 Å². The zero-order chi connectivity index (χ0) is 23.3. The molecule has 33 heavy (non-hydrogen) atoms. The second kappa shape index (κ2) is 11.2. The molecule has 1 aliphatic rings. The molecule has 1 aromatic carbocycles. The number of nitrogens with zero attached hydrogens (tertiary/aromatic N) is 2. The van der Waals surface area contributed by atoms with Crippen LogP contribution in [0.1, 0.15) is 42.9 Å². The van der Waals surface area contributed by atoms with E-state index in [1.807, 2.05) is 43.1 Å². The SMILES string of the molecule is COc1ccc2ncc(C)c(C(O)CCC3(CO)CCN(CCSc4cccs4)CC3)c2c1. The fourth-order valence-corrected chi connectivity index (χ4v) is 6.67. The lowest BCUT2D eigenvalue weighted by Gasteiger charge is -2.41. The summed E-state index contributed by atoms with van der Waals surface area (Å²) in [6, 6.07) is 10.1. The van der Waals surface area contributed by atoms with Crippen LogP contribution in [0, 0.1) is 12.3 Å². The molecule has 3 aromatic rings. The fraction of sp³-hybridized carbons (Fsp3) is 0.500. The van der Waals surface area contributed by atoms with Crippen LogP contribution < -0.4 is 4.74 Å². The molecule has 1 unspecified atom stereocenters. The molecule has 3 heterocycles. The number of pyridine rings is 1. The minimum atomic E-state index is -0.591. The van der Waals surface area contributed by atoms with Crippen molar-refractivity contribution in [1.29, 1.82) is 0 Å². The summed E-state index contributed by atoms with van der Waals surface area (Å²) in [6.07, 6.45) is 4.64. The van der Waals surface area contributed by atoms with Gasteiger partial charge in [0.05, 0.1) is 22.9 Å². The van der Waals surface area contributed by atoms with Crippen LogP contribution in [0.4, 0.5) is 0 Å². The molecular formula is C26H34N2O3S2. The van der Waals surface area contributed by atoms with Crippen LogP contribution in [-0.4, -0.2) is 59.2 Å². The van der Waals surface area contributed by atoms with Gasteiger partial charge in [-0.15, -0.1) is 23.1 Å². The summed E-state index contributed by atoms with van der Waals surface area (Å²) in [6.45, 7) is 5.28. The summed E-state index contributed by atoms with van der Waals surface area (Å²) in [5.41, 5.74) is 2.67. The number of fused-ring (bicyclic) bond motifs is 1. The normalized spacial score (nSPS) is 17.3. The molecule has 0 spiro atoms. The highest BCUT2D eigenvalue weighted by atomic mass is 32.2. The van der Waals surface area contributed by atoms with Crippen LogP contribution in [-0.2, 0) is 0 Å². The van der Waals surface area contributed by atoms with E-state index in [1.54, 1.807) is 18.4 Å². The van der Waals surface area contributed by atoms with Gasteiger partial charge in [-0.2, -0.15) is 0 Å². The summed E-state index contributed by atoms with van der Waals surface area (Å²) >= 11 is 3.72. The van der Waals surface area contributed by atoms with Gasteiger partial charge < -0.3 is 19.8 Å². The van der Waals surface area contributed by atoms with Crippen LogP contribution in [0.15, 0.2) is 46.1 Å². The molecule has 0 radical (unpaired) electrons. The molecule has 2 aromatic heterocycles. The third-order valence-corrected chi connectivity index (χ3v) is 9.11. The number of rotatable bonds is 10.